The molecule has 0 atom stereocenters. The zero-order valence-corrected chi connectivity index (χ0v) is 11.2. The van der Waals surface area contributed by atoms with Crippen molar-refractivity contribution in [3.63, 3.8) is 0 Å². The Morgan fingerprint density at radius 1 is 1.32 bits per heavy atom. The molecule has 0 bridgehead atoms. The molecule has 4 nitrogen and oxygen atoms in total. The van der Waals surface area contributed by atoms with Gasteiger partial charge >= 0.3 is 0 Å². The van der Waals surface area contributed by atoms with Crippen LogP contribution in [0.4, 0.5) is 8.78 Å². The van der Waals surface area contributed by atoms with Crippen LogP contribution in [0.1, 0.15) is 31.2 Å². The number of halogens is 2. The van der Waals surface area contributed by atoms with E-state index in [0.717, 1.165) is 18.9 Å². The number of aromatic hydroxyl groups is 1. The molecule has 0 heterocycles. The van der Waals surface area contributed by atoms with Crippen molar-refractivity contribution in [2.45, 2.75) is 36.1 Å². The van der Waals surface area contributed by atoms with Gasteiger partial charge in [0.1, 0.15) is 10.7 Å². The fourth-order valence-electron chi connectivity index (χ4n) is 2.59. The highest BCUT2D eigenvalue weighted by atomic mass is 32.2. The molecule has 0 amide bonds. The Kier molecular flexibility index (Phi) is 3.30. The Morgan fingerprint density at radius 2 is 1.84 bits per heavy atom. The molecule has 1 aliphatic rings. The molecule has 1 aliphatic carbocycles. The lowest BCUT2D eigenvalue weighted by Gasteiger charge is -2.25. The summed E-state index contributed by atoms with van der Waals surface area (Å²) in [6, 6.07) is 0.833. The molecular weight excluding hydrogens is 276 g/mol. The van der Waals surface area contributed by atoms with Crippen molar-refractivity contribution < 1.29 is 22.3 Å². The average Bonchev–Trinajstić information content (AvgIpc) is 2.70. The fourth-order valence-corrected chi connectivity index (χ4v) is 3.42. The number of phenolic OH excluding ortho intramolecular Hbond substituents is 1. The van der Waals surface area contributed by atoms with Gasteiger partial charge in [-0.05, 0) is 18.9 Å². The van der Waals surface area contributed by atoms with E-state index < -0.39 is 37.7 Å². The molecule has 3 N–H and O–H groups in total. The summed E-state index contributed by atoms with van der Waals surface area (Å²) in [5.74, 6) is -3.55. The van der Waals surface area contributed by atoms with E-state index in [4.69, 9.17) is 5.73 Å². The molecule has 1 aromatic rings. The van der Waals surface area contributed by atoms with Crippen LogP contribution in [0, 0.1) is 11.6 Å². The van der Waals surface area contributed by atoms with Crippen LogP contribution in [-0.4, -0.2) is 19.8 Å². The van der Waals surface area contributed by atoms with Crippen LogP contribution < -0.4 is 5.73 Å². The Hall–Kier alpha value is -1.21. The normalized spacial score (nSPS) is 18.7. The lowest BCUT2D eigenvalue weighted by Crippen LogP contribution is -2.33. The number of rotatable bonds is 2. The Labute approximate surface area is 110 Å². The van der Waals surface area contributed by atoms with Crippen LogP contribution in [0.2, 0.25) is 0 Å². The van der Waals surface area contributed by atoms with E-state index in [1.54, 1.807) is 0 Å². The first kappa shape index (κ1) is 14.2. The molecule has 0 saturated heterocycles. The molecule has 1 aromatic carbocycles. The van der Waals surface area contributed by atoms with Crippen molar-refractivity contribution in [3.8, 4) is 5.75 Å². The van der Waals surface area contributed by atoms with Gasteiger partial charge in [0.2, 0.25) is 0 Å². The quantitative estimate of drug-likeness (QED) is 0.870. The van der Waals surface area contributed by atoms with E-state index in [1.807, 2.05) is 0 Å². The predicted molar refractivity (Wildman–Crippen MR) is 65.5 cm³/mol. The molecular formula is C12H15F2NO3S. The van der Waals surface area contributed by atoms with E-state index in [1.165, 1.54) is 0 Å². The number of nitrogens with two attached hydrogens (primary N) is 1. The summed E-state index contributed by atoms with van der Waals surface area (Å²) in [4.78, 5) is -1.12. The summed E-state index contributed by atoms with van der Waals surface area (Å²) in [7, 11) is -4.10. The molecule has 0 aliphatic heterocycles. The SMILES string of the molecule is CS(=O)(=O)c1c(F)cc(C2(N)CCCC2)c(O)c1F. The van der Waals surface area contributed by atoms with Gasteiger partial charge in [-0.1, -0.05) is 12.8 Å². The standard InChI is InChI=1S/C12H15F2NO3S/c1-19(17,18)11-8(13)6-7(10(16)9(11)14)12(15)4-2-3-5-12/h6,16H,2-5,15H2,1H3. The van der Waals surface area contributed by atoms with Gasteiger partial charge in [-0.3, -0.25) is 0 Å². The zero-order valence-electron chi connectivity index (χ0n) is 10.4. The van der Waals surface area contributed by atoms with Crippen LogP contribution >= 0.6 is 0 Å². The van der Waals surface area contributed by atoms with Gasteiger partial charge in [-0.25, -0.2) is 17.2 Å². The molecule has 1 saturated carbocycles. The maximum Gasteiger partial charge on any atom is 0.186 e. The second kappa shape index (κ2) is 4.42. The largest absolute Gasteiger partial charge is 0.505 e. The van der Waals surface area contributed by atoms with Gasteiger partial charge in [0, 0.05) is 17.4 Å². The lowest BCUT2D eigenvalue weighted by molar-refractivity contribution is 0.370. The fraction of sp³-hybridized carbons (Fsp3) is 0.500. The highest BCUT2D eigenvalue weighted by Gasteiger charge is 2.37. The summed E-state index contributed by atoms with van der Waals surface area (Å²) in [5.41, 5.74) is 4.97. The predicted octanol–water partition coefficient (Wildman–Crippen LogP) is 1.80. The van der Waals surface area contributed by atoms with E-state index >= 15 is 0 Å². The van der Waals surface area contributed by atoms with Gasteiger partial charge in [0.25, 0.3) is 0 Å². The molecule has 0 aromatic heterocycles. The van der Waals surface area contributed by atoms with E-state index in [2.05, 4.69) is 0 Å². The van der Waals surface area contributed by atoms with Crippen molar-refractivity contribution in [2.75, 3.05) is 6.26 Å². The molecule has 19 heavy (non-hydrogen) atoms. The minimum Gasteiger partial charge on any atom is -0.505 e. The minimum atomic E-state index is -4.10. The van der Waals surface area contributed by atoms with Crippen molar-refractivity contribution in [3.05, 3.63) is 23.3 Å². The Balaban J connectivity index is 2.69. The van der Waals surface area contributed by atoms with Crippen molar-refractivity contribution >= 4 is 9.84 Å². The van der Waals surface area contributed by atoms with Crippen molar-refractivity contribution in [2.24, 2.45) is 5.73 Å². The molecule has 7 heteroatoms. The molecule has 0 unspecified atom stereocenters. The van der Waals surface area contributed by atoms with Gasteiger partial charge in [0.05, 0.1) is 0 Å². The number of sulfone groups is 1. The summed E-state index contributed by atoms with van der Waals surface area (Å²) in [5, 5.41) is 9.81. The van der Waals surface area contributed by atoms with E-state index in [9.17, 15) is 22.3 Å². The molecule has 0 radical (unpaired) electrons. The molecule has 2 rings (SSSR count). The monoisotopic (exact) mass is 291 g/mol. The van der Waals surface area contributed by atoms with Crippen LogP contribution in [0.15, 0.2) is 11.0 Å². The van der Waals surface area contributed by atoms with Crippen LogP contribution in [0.5, 0.6) is 5.75 Å². The highest BCUT2D eigenvalue weighted by molar-refractivity contribution is 7.90. The molecule has 1 fully saturated rings. The molecule has 106 valence electrons. The lowest BCUT2D eigenvalue weighted by atomic mass is 9.88. The summed E-state index contributed by atoms with van der Waals surface area (Å²) in [6.07, 6.45) is 3.27. The third kappa shape index (κ3) is 2.32. The topological polar surface area (TPSA) is 80.4 Å². The summed E-state index contributed by atoms with van der Waals surface area (Å²) < 4.78 is 50.4. The van der Waals surface area contributed by atoms with Gasteiger partial charge in [-0.2, -0.15) is 0 Å². The number of hydrogen-bond donors (Lipinski definition) is 2. The van der Waals surface area contributed by atoms with Crippen LogP contribution in [-0.2, 0) is 15.4 Å². The Bertz CT molecular complexity index is 622. The molecule has 0 spiro atoms. The first-order valence-electron chi connectivity index (χ1n) is 5.87. The van der Waals surface area contributed by atoms with Crippen molar-refractivity contribution in [1.82, 2.24) is 0 Å². The first-order chi connectivity index (χ1) is 8.67. The third-order valence-corrected chi connectivity index (χ3v) is 4.67. The second-order valence-electron chi connectivity index (χ2n) is 5.03. The maximum atomic E-state index is 13.9. The Morgan fingerprint density at radius 3 is 2.32 bits per heavy atom. The maximum absolute atomic E-state index is 13.9. The van der Waals surface area contributed by atoms with Crippen LogP contribution in [0.25, 0.3) is 0 Å². The van der Waals surface area contributed by atoms with E-state index in [0.29, 0.717) is 19.1 Å². The second-order valence-corrected chi connectivity index (χ2v) is 6.99. The van der Waals surface area contributed by atoms with Gasteiger partial charge < -0.3 is 10.8 Å². The summed E-state index contributed by atoms with van der Waals surface area (Å²) >= 11 is 0. The number of benzene rings is 1. The van der Waals surface area contributed by atoms with Gasteiger partial charge in [-0.15, -0.1) is 0 Å². The van der Waals surface area contributed by atoms with E-state index in [-0.39, 0.29) is 5.56 Å². The smallest absolute Gasteiger partial charge is 0.186 e. The van der Waals surface area contributed by atoms with Gasteiger partial charge in [0.15, 0.2) is 21.4 Å². The minimum absolute atomic E-state index is 0.0626. The first-order valence-corrected chi connectivity index (χ1v) is 7.76. The highest BCUT2D eigenvalue weighted by Crippen LogP contribution is 2.43. The average molecular weight is 291 g/mol. The van der Waals surface area contributed by atoms with Crippen LogP contribution in [0.3, 0.4) is 0 Å². The summed E-state index contributed by atoms with van der Waals surface area (Å²) in [6.45, 7) is 0. The van der Waals surface area contributed by atoms with Crippen molar-refractivity contribution in [1.29, 1.82) is 0 Å². The third-order valence-electron chi connectivity index (χ3n) is 3.55. The zero-order chi connectivity index (χ0) is 14.4. The number of hydrogen-bond acceptors (Lipinski definition) is 4. The number of phenols is 1.